The molecule has 0 saturated carbocycles. The SMILES string of the molecule is NCCN1CCN(C(=O)CCOCC(F)F)CC1. The van der Waals surface area contributed by atoms with E-state index in [0.29, 0.717) is 19.6 Å². The van der Waals surface area contributed by atoms with E-state index in [9.17, 15) is 13.6 Å². The van der Waals surface area contributed by atoms with Gasteiger partial charge >= 0.3 is 0 Å². The van der Waals surface area contributed by atoms with Crippen LogP contribution in [0.15, 0.2) is 0 Å². The van der Waals surface area contributed by atoms with Crippen molar-refractivity contribution in [1.29, 1.82) is 0 Å². The summed E-state index contributed by atoms with van der Waals surface area (Å²) in [6.07, 6.45) is -2.30. The second-order valence-electron chi connectivity index (χ2n) is 4.23. The van der Waals surface area contributed by atoms with E-state index in [1.165, 1.54) is 0 Å². The number of piperazine rings is 1. The van der Waals surface area contributed by atoms with Gasteiger partial charge in [0.05, 0.1) is 13.0 Å². The van der Waals surface area contributed by atoms with Crippen LogP contribution < -0.4 is 5.73 Å². The number of halogens is 2. The van der Waals surface area contributed by atoms with Crippen LogP contribution in [0.25, 0.3) is 0 Å². The van der Waals surface area contributed by atoms with Crippen LogP contribution in [0, 0.1) is 0 Å². The van der Waals surface area contributed by atoms with E-state index in [1.54, 1.807) is 4.90 Å². The molecule has 1 fully saturated rings. The summed E-state index contributed by atoms with van der Waals surface area (Å²) in [5.74, 6) is -0.0309. The average Bonchev–Trinajstić information content (AvgIpc) is 2.35. The Bertz CT molecular complexity index is 246. The van der Waals surface area contributed by atoms with Crippen LogP contribution in [0.1, 0.15) is 6.42 Å². The van der Waals surface area contributed by atoms with Crippen molar-refractivity contribution in [2.75, 3.05) is 52.5 Å². The lowest BCUT2D eigenvalue weighted by Crippen LogP contribution is -2.49. The first-order chi connectivity index (χ1) is 8.63. The van der Waals surface area contributed by atoms with Gasteiger partial charge in [-0.25, -0.2) is 8.78 Å². The molecular weight excluding hydrogens is 244 g/mol. The minimum absolute atomic E-state index is 0.0309. The number of nitrogens with zero attached hydrogens (tertiary/aromatic N) is 2. The van der Waals surface area contributed by atoms with Gasteiger partial charge < -0.3 is 15.4 Å². The lowest BCUT2D eigenvalue weighted by atomic mass is 10.3. The first-order valence-electron chi connectivity index (χ1n) is 6.19. The summed E-state index contributed by atoms with van der Waals surface area (Å²) in [6.45, 7) is 3.92. The van der Waals surface area contributed by atoms with Gasteiger partial charge in [-0.15, -0.1) is 0 Å². The van der Waals surface area contributed by atoms with E-state index in [-0.39, 0.29) is 18.9 Å². The van der Waals surface area contributed by atoms with Crippen LogP contribution >= 0.6 is 0 Å². The fraction of sp³-hybridized carbons (Fsp3) is 0.909. The Labute approximate surface area is 106 Å². The summed E-state index contributed by atoms with van der Waals surface area (Å²) in [5.41, 5.74) is 5.46. The second-order valence-corrected chi connectivity index (χ2v) is 4.23. The third-order valence-electron chi connectivity index (χ3n) is 2.87. The molecular formula is C11H21F2N3O2. The maximum absolute atomic E-state index is 11.8. The second kappa shape index (κ2) is 8.34. The highest BCUT2D eigenvalue weighted by Gasteiger charge is 2.20. The standard InChI is InChI=1S/C11H21F2N3O2/c12-10(13)9-18-8-1-11(17)16-6-4-15(3-2-14)5-7-16/h10H,1-9,14H2. The summed E-state index contributed by atoms with van der Waals surface area (Å²) in [5, 5.41) is 0. The van der Waals surface area contributed by atoms with Crippen LogP contribution in [-0.2, 0) is 9.53 Å². The van der Waals surface area contributed by atoms with Gasteiger partial charge in [0.25, 0.3) is 6.43 Å². The van der Waals surface area contributed by atoms with Crippen molar-refractivity contribution in [3.63, 3.8) is 0 Å². The molecule has 106 valence electrons. The number of ether oxygens (including phenoxy) is 1. The largest absolute Gasteiger partial charge is 0.375 e. The number of hydrogen-bond donors (Lipinski definition) is 1. The van der Waals surface area contributed by atoms with Crippen molar-refractivity contribution < 1.29 is 18.3 Å². The fourth-order valence-electron chi connectivity index (χ4n) is 1.89. The van der Waals surface area contributed by atoms with Crippen molar-refractivity contribution >= 4 is 5.91 Å². The molecule has 5 nitrogen and oxygen atoms in total. The predicted molar refractivity (Wildman–Crippen MR) is 63.5 cm³/mol. The molecule has 0 aromatic carbocycles. The van der Waals surface area contributed by atoms with E-state index in [2.05, 4.69) is 4.90 Å². The molecule has 1 aliphatic heterocycles. The Balaban J connectivity index is 2.12. The highest BCUT2D eigenvalue weighted by Crippen LogP contribution is 2.04. The third kappa shape index (κ3) is 5.70. The number of alkyl halides is 2. The van der Waals surface area contributed by atoms with E-state index >= 15 is 0 Å². The number of carbonyl (C=O) groups excluding carboxylic acids is 1. The zero-order valence-corrected chi connectivity index (χ0v) is 10.5. The highest BCUT2D eigenvalue weighted by atomic mass is 19.3. The molecule has 0 aromatic heterocycles. The smallest absolute Gasteiger partial charge is 0.261 e. The Morgan fingerprint density at radius 3 is 2.50 bits per heavy atom. The van der Waals surface area contributed by atoms with Crippen LogP contribution in [0.2, 0.25) is 0 Å². The summed E-state index contributed by atoms with van der Waals surface area (Å²) in [7, 11) is 0. The summed E-state index contributed by atoms with van der Waals surface area (Å²) in [4.78, 5) is 15.7. The Morgan fingerprint density at radius 1 is 1.28 bits per heavy atom. The van der Waals surface area contributed by atoms with Crippen molar-refractivity contribution in [1.82, 2.24) is 9.80 Å². The number of rotatable bonds is 7. The van der Waals surface area contributed by atoms with Gasteiger partial charge in [-0.05, 0) is 0 Å². The topological polar surface area (TPSA) is 58.8 Å². The zero-order valence-electron chi connectivity index (χ0n) is 10.5. The monoisotopic (exact) mass is 265 g/mol. The molecule has 1 aliphatic rings. The van der Waals surface area contributed by atoms with Gasteiger partial charge in [0.1, 0.15) is 6.61 Å². The maximum atomic E-state index is 11.8. The molecule has 0 bridgehead atoms. The van der Waals surface area contributed by atoms with Crippen molar-refractivity contribution in [2.45, 2.75) is 12.8 Å². The fourth-order valence-corrected chi connectivity index (χ4v) is 1.89. The van der Waals surface area contributed by atoms with E-state index in [4.69, 9.17) is 10.5 Å². The number of nitrogens with two attached hydrogens (primary N) is 1. The minimum Gasteiger partial charge on any atom is -0.375 e. The van der Waals surface area contributed by atoms with Gasteiger partial charge in [-0.2, -0.15) is 0 Å². The first-order valence-corrected chi connectivity index (χ1v) is 6.19. The number of hydrogen-bond acceptors (Lipinski definition) is 4. The lowest BCUT2D eigenvalue weighted by molar-refractivity contribution is -0.134. The summed E-state index contributed by atoms with van der Waals surface area (Å²) in [6, 6.07) is 0. The molecule has 0 spiro atoms. The van der Waals surface area contributed by atoms with Crippen LogP contribution in [0.5, 0.6) is 0 Å². The quantitative estimate of drug-likeness (QED) is 0.646. The Morgan fingerprint density at radius 2 is 1.94 bits per heavy atom. The zero-order chi connectivity index (χ0) is 13.4. The summed E-state index contributed by atoms with van der Waals surface area (Å²) < 4.78 is 28.3. The molecule has 7 heteroatoms. The maximum Gasteiger partial charge on any atom is 0.261 e. The van der Waals surface area contributed by atoms with Gasteiger partial charge in [-0.3, -0.25) is 9.69 Å². The minimum atomic E-state index is -2.47. The van der Waals surface area contributed by atoms with Crippen LogP contribution in [0.3, 0.4) is 0 Å². The molecule has 2 N–H and O–H groups in total. The normalized spacial score (nSPS) is 17.4. The van der Waals surface area contributed by atoms with Crippen molar-refractivity contribution in [3.05, 3.63) is 0 Å². The van der Waals surface area contributed by atoms with Crippen molar-refractivity contribution in [3.8, 4) is 0 Å². The van der Waals surface area contributed by atoms with E-state index in [0.717, 1.165) is 19.6 Å². The molecule has 0 aliphatic carbocycles. The third-order valence-corrected chi connectivity index (χ3v) is 2.87. The predicted octanol–water partition coefficient (Wildman–Crippen LogP) is -0.239. The molecule has 0 aromatic rings. The Kier molecular flexibility index (Phi) is 7.07. The van der Waals surface area contributed by atoms with Gasteiger partial charge in [0, 0.05) is 39.3 Å². The average molecular weight is 265 g/mol. The highest BCUT2D eigenvalue weighted by molar-refractivity contribution is 5.76. The lowest BCUT2D eigenvalue weighted by Gasteiger charge is -2.34. The van der Waals surface area contributed by atoms with E-state index in [1.807, 2.05) is 0 Å². The van der Waals surface area contributed by atoms with Crippen molar-refractivity contribution in [2.24, 2.45) is 5.73 Å². The molecule has 18 heavy (non-hydrogen) atoms. The molecule has 0 radical (unpaired) electrons. The molecule has 1 heterocycles. The van der Waals surface area contributed by atoms with Gasteiger partial charge in [-0.1, -0.05) is 0 Å². The summed E-state index contributed by atoms with van der Waals surface area (Å²) >= 11 is 0. The van der Waals surface area contributed by atoms with Gasteiger partial charge in [0.15, 0.2) is 0 Å². The molecule has 0 unspecified atom stereocenters. The van der Waals surface area contributed by atoms with E-state index < -0.39 is 13.0 Å². The molecule has 1 rings (SSSR count). The molecule has 1 saturated heterocycles. The van der Waals surface area contributed by atoms with Crippen LogP contribution in [-0.4, -0.2) is 74.6 Å². The van der Waals surface area contributed by atoms with Gasteiger partial charge in [0.2, 0.25) is 5.91 Å². The molecule has 0 atom stereocenters. The number of carbonyl (C=O) groups is 1. The number of amides is 1. The van der Waals surface area contributed by atoms with Crippen LogP contribution in [0.4, 0.5) is 8.78 Å². The first kappa shape index (κ1) is 15.3. The Hall–Kier alpha value is -0.790. The molecule has 1 amide bonds.